The zero-order valence-electron chi connectivity index (χ0n) is 9.31. The van der Waals surface area contributed by atoms with E-state index in [1.165, 1.54) is 51.4 Å². The lowest BCUT2D eigenvalue weighted by molar-refractivity contribution is 0.325. The highest BCUT2D eigenvalue weighted by Crippen LogP contribution is 2.27. The molecule has 78 valence electrons. The minimum Gasteiger partial charge on any atom is -0.317 e. The van der Waals surface area contributed by atoms with E-state index in [2.05, 4.69) is 19.3 Å². The third-order valence-corrected chi connectivity index (χ3v) is 3.46. The predicted octanol–water partition coefficient (Wildman–Crippen LogP) is 3.34. The van der Waals surface area contributed by atoms with Crippen LogP contribution in [0.1, 0.15) is 58.3 Å². The summed E-state index contributed by atoms with van der Waals surface area (Å²) in [6.45, 7) is 2.30. The van der Waals surface area contributed by atoms with Gasteiger partial charge in [-0.3, -0.25) is 0 Å². The Balaban J connectivity index is 2.34. The largest absolute Gasteiger partial charge is 0.317 e. The molecule has 1 N–H and O–H groups in total. The summed E-state index contributed by atoms with van der Waals surface area (Å²) in [5, 5.41) is 3.50. The fraction of sp³-hybridized carbons (Fsp3) is 1.00. The van der Waals surface area contributed by atoms with E-state index in [0.717, 1.165) is 12.0 Å². The van der Waals surface area contributed by atoms with Crippen molar-refractivity contribution in [3.8, 4) is 0 Å². The molecule has 1 aliphatic carbocycles. The predicted molar refractivity (Wildman–Crippen MR) is 58.9 cm³/mol. The van der Waals surface area contributed by atoms with Gasteiger partial charge in [0.05, 0.1) is 0 Å². The lowest BCUT2D eigenvalue weighted by Crippen LogP contribution is -2.32. The van der Waals surface area contributed by atoms with E-state index in [0.29, 0.717) is 0 Å². The highest BCUT2D eigenvalue weighted by Gasteiger charge is 2.21. The Bertz CT molecular complexity index is 122. The average molecular weight is 183 g/mol. The number of hydrogen-bond donors (Lipinski definition) is 1. The first kappa shape index (κ1) is 11.0. The smallest absolute Gasteiger partial charge is 0.00923 e. The van der Waals surface area contributed by atoms with Gasteiger partial charge in [-0.1, -0.05) is 39.0 Å². The summed E-state index contributed by atoms with van der Waals surface area (Å²) in [6.07, 6.45) is 11.5. The van der Waals surface area contributed by atoms with Crippen molar-refractivity contribution in [1.29, 1.82) is 0 Å². The Morgan fingerprint density at radius 3 is 2.62 bits per heavy atom. The van der Waals surface area contributed by atoms with Crippen LogP contribution >= 0.6 is 0 Å². The second-order valence-corrected chi connectivity index (χ2v) is 4.44. The molecule has 0 aromatic rings. The highest BCUT2D eigenvalue weighted by molar-refractivity contribution is 4.78. The van der Waals surface area contributed by atoms with Crippen molar-refractivity contribution in [2.45, 2.75) is 64.3 Å². The number of nitrogens with one attached hydrogen (secondary N) is 1. The molecule has 0 radical (unpaired) electrons. The van der Waals surface area contributed by atoms with Crippen LogP contribution in [0, 0.1) is 5.92 Å². The summed E-state index contributed by atoms with van der Waals surface area (Å²) >= 11 is 0. The minimum absolute atomic E-state index is 0.814. The maximum atomic E-state index is 3.50. The van der Waals surface area contributed by atoms with Gasteiger partial charge in [-0.15, -0.1) is 0 Å². The van der Waals surface area contributed by atoms with Gasteiger partial charge in [0, 0.05) is 6.04 Å². The molecule has 2 atom stereocenters. The lowest BCUT2D eigenvalue weighted by Gasteiger charge is -2.24. The fourth-order valence-electron chi connectivity index (χ4n) is 2.58. The van der Waals surface area contributed by atoms with Crippen LogP contribution in [-0.4, -0.2) is 13.1 Å². The average Bonchev–Trinajstić information content (AvgIpc) is 2.39. The van der Waals surface area contributed by atoms with Crippen LogP contribution in [0.5, 0.6) is 0 Å². The standard InChI is InChI=1S/C12H25N/c1-3-4-8-11-9-6-5-7-10-12(11)13-2/h11-13H,3-10H2,1-2H3. The molecule has 0 saturated heterocycles. The molecule has 0 bridgehead atoms. The van der Waals surface area contributed by atoms with Crippen LogP contribution in [0.2, 0.25) is 0 Å². The monoisotopic (exact) mass is 183 g/mol. The molecular formula is C12H25N. The Morgan fingerprint density at radius 2 is 1.92 bits per heavy atom. The van der Waals surface area contributed by atoms with Crippen LogP contribution in [-0.2, 0) is 0 Å². The summed E-state index contributed by atoms with van der Waals surface area (Å²) in [5.74, 6) is 0.965. The van der Waals surface area contributed by atoms with Crippen molar-refractivity contribution < 1.29 is 0 Å². The SMILES string of the molecule is CCCCC1CCCCCC1NC. The number of hydrogen-bond acceptors (Lipinski definition) is 1. The maximum Gasteiger partial charge on any atom is 0.00923 e. The topological polar surface area (TPSA) is 12.0 Å². The molecule has 1 fully saturated rings. The molecule has 2 unspecified atom stereocenters. The lowest BCUT2D eigenvalue weighted by atomic mass is 9.90. The van der Waals surface area contributed by atoms with Crippen molar-refractivity contribution in [3.63, 3.8) is 0 Å². The van der Waals surface area contributed by atoms with Gasteiger partial charge in [0.15, 0.2) is 0 Å². The Labute approximate surface area is 83.3 Å². The van der Waals surface area contributed by atoms with Crippen LogP contribution < -0.4 is 5.32 Å². The minimum atomic E-state index is 0.814. The molecule has 0 heterocycles. The van der Waals surface area contributed by atoms with Crippen LogP contribution in [0.4, 0.5) is 0 Å². The summed E-state index contributed by atoms with van der Waals surface area (Å²) in [5.41, 5.74) is 0. The molecule has 0 spiro atoms. The Hall–Kier alpha value is -0.0400. The first-order valence-electron chi connectivity index (χ1n) is 6.05. The van der Waals surface area contributed by atoms with E-state index < -0.39 is 0 Å². The van der Waals surface area contributed by atoms with E-state index in [1.807, 2.05) is 0 Å². The third-order valence-electron chi connectivity index (χ3n) is 3.46. The third kappa shape index (κ3) is 3.68. The van der Waals surface area contributed by atoms with Gasteiger partial charge >= 0.3 is 0 Å². The van der Waals surface area contributed by atoms with Crippen LogP contribution in [0.15, 0.2) is 0 Å². The summed E-state index contributed by atoms with van der Waals surface area (Å²) < 4.78 is 0. The Morgan fingerprint density at radius 1 is 1.15 bits per heavy atom. The zero-order valence-corrected chi connectivity index (χ0v) is 9.31. The van der Waals surface area contributed by atoms with Crippen molar-refractivity contribution in [2.75, 3.05) is 7.05 Å². The van der Waals surface area contributed by atoms with E-state index in [9.17, 15) is 0 Å². The molecule has 1 saturated carbocycles. The molecule has 0 aromatic carbocycles. The highest BCUT2D eigenvalue weighted by atomic mass is 14.9. The Kier molecular flexibility index (Phi) is 5.45. The molecule has 0 aromatic heterocycles. The summed E-state index contributed by atoms with van der Waals surface area (Å²) in [6, 6.07) is 0.814. The van der Waals surface area contributed by atoms with E-state index in [4.69, 9.17) is 0 Å². The number of unbranched alkanes of at least 4 members (excludes halogenated alkanes) is 1. The maximum absolute atomic E-state index is 3.50. The molecule has 1 aliphatic rings. The number of rotatable bonds is 4. The second-order valence-electron chi connectivity index (χ2n) is 4.44. The van der Waals surface area contributed by atoms with Crippen molar-refractivity contribution >= 4 is 0 Å². The van der Waals surface area contributed by atoms with Gasteiger partial charge in [-0.2, -0.15) is 0 Å². The van der Waals surface area contributed by atoms with Crippen LogP contribution in [0.3, 0.4) is 0 Å². The first-order chi connectivity index (χ1) is 6.38. The van der Waals surface area contributed by atoms with Gasteiger partial charge in [-0.05, 0) is 32.2 Å². The first-order valence-corrected chi connectivity index (χ1v) is 6.05. The van der Waals surface area contributed by atoms with Gasteiger partial charge < -0.3 is 5.32 Å². The van der Waals surface area contributed by atoms with Gasteiger partial charge in [-0.25, -0.2) is 0 Å². The van der Waals surface area contributed by atoms with Gasteiger partial charge in [0.2, 0.25) is 0 Å². The van der Waals surface area contributed by atoms with Crippen molar-refractivity contribution in [1.82, 2.24) is 5.32 Å². The summed E-state index contributed by atoms with van der Waals surface area (Å²) in [7, 11) is 2.13. The molecule has 1 heteroatoms. The molecule has 1 nitrogen and oxygen atoms in total. The quantitative estimate of drug-likeness (QED) is 0.659. The molecule has 0 amide bonds. The molecule has 13 heavy (non-hydrogen) atoms. The molecular weight excluding hydrogens is 158 g/mol. The summed E-state index contributed by atoms with van der Waals surface area (Å²) in [4.78, 5) is 0. The second kappa shape index (κ2) is 6.42. The van der Waals surface area contributed by atoms with Crippen LogP contribution in [0.25, 0.3) is 0 Å². The van der Waals surface area contributed by atoms with Gasteiger partial charge in [0.25, 0.3) is 0 Å². The molecule has 1 rings (SSSR count). The van der Waals surface area contributed by atoms with Crippen molar-refractivity contribution in [3.05, 3.63) is 0 Å². The fourth-order valence-corrected chi connectivity index (χ4v) is 2.58. The molecule has 0 aliphatic heterocycles. The zero-order chi connectivity index (χ0) is 9.52. The van der Waals surface area contributed by atoms with Gasteiger partial charge in [0.1, 0.15) is 0 Å². The normalized spacial score (nSPS) is 30.0. The van der Waals surface area contributed by atoms with E-state index >= 15 is 0 Å². The van der Waals surface area contributed by atoms with E-state index in [1.54, 1.807) is 0 Å². The van der Waals surface area contributed by atoms with Crippen molar-refractivity contribution in [2.24, 2.45) is 5.92 Å². The van der Waals surface area contributed by atoms with E-state index in [-0.39, 0.29) is 0 Å².